The molecule has 134 valence electrons. The molecule has 0 radical (unpaired) electrons. The lowest BCUT2D eigenvalue weighted by molar-refractivity contribution is -0.124. The van der Waals surface area contributed by atoms with Gasteiger partial charge in [-0.25, -0.2) is 10.9 Å². The summed E-state index contributed by atoms with van der Waals surface area (Å²) in [5, 5.41) is 12.3. The summed E-state index contributed by atoms with van der Waals surface area (Å²) in [7, 11) is 1.58. The highest BCUT2D eigenvalue weighted by molar-refractivity contribution is 9.10. The summed E-state index contributed by atoms with van der Waals surface area (Å²) in [6.07, 6.45) is 4.20. The van der Waals surface area contributed by atoms with Gasteiger partial charge in [0.2, 0.25) is 0 Å². The number of nitrogens with zero attached hydrogens (tertiary/aromatic N) is 1. The van der Waals surface area contributed by atoms with Gasteiger partial charge in [-0.05, 0) is 63.5 Å². The second-order valence-corrected chi connectivity index (χ2v) is 5.88. The number of methoxy groups -OCH3 is 1. The first-order valence-corrected chi connectivity index (χ1v) is 8.22. The average molecular weight is 418 g/mol. The van der Waals surface area contributed by atoms with E-state index in [0.29, 0.717) is 16.9 Å². The van der Waals surface area contributed by atoms with Crippen LogP contribution in [-0.2, 0) is 4.79 Å². The van der Waals surface area contributed by atoms with Gasteiger partial charge in [-0.15, -0.1) is 0 Å². The van der Waals surface area contributed by atoms with Crippen molar-refractivity contribution in [2.75, 3.05) is 7.11 Å². The Labute approximate surface area is 158 Å². The van der Waals surface area contributed by atoms with Crippen molar-refractivity contribution in [1.29, 1.82) is 0 Å². The van der Waals surface area contributed by atoms with Crippen LogP contribution in [0.1, 0.15) is 21.5 Å². The zero-order valence-electron chi connectivity index (χ0n) is 13.8. The predicted molar refractivity (Wildman–Crippen MR) is 101 cm³/mol. The normalized spacial score (nSPS) is 10.9. The van der Waals surface area contributed by atoms with Crippen LogP contribution in [0.2, 0.25) is 0 Å². The van der Waals surface area contributed by atoms with Gasteiger partial charge in [0.15, 0.2) is 0 Å². The predicted octanol–water partition coefficient (Wildman–Crippen LogP) is 2.74. The number of halogens is 1. The first-order chi connectivity index (χ1) is 12.5. The fourth-order valence-corrected chi connectivity index (χ4v) is 2.51. The second-order valence-electron chi connectivity index (χ2n) is 5.02. The average Bonchev–Trinajstić information content (AvgIpc) is 2.66. The molecule has 2 aromatic rings. The Balaban J connectivity index is 1.96. The molecule has 0 saturated carbocycles. The third-order valence-corrected chi connectivity index (χ3v) is 3.89. The first kappa shape index (κ1) is 19.4. The van der Waals surface area contributed by atoms with Gasteiger partial charge in [-0.2, -0.15) is 5.10 Å². The largest absolute Gasteiger partial charge is 0.496 e. The van der Waals surface area contributed by atoms with E-state index in [9.17, 15) is 9.59 Å². The van der Waals surface area contributed by atoms with E-state index < -0.39 is 5.91 Å². The van der Waals surface area contributed by atoms with E-state index in [4.69, 9.17) is 9.94 Å². The van der Waals surface area contributed by atoms with E-state index in [0.717, 1.165) is 10.0 Å². The minimum atomic E-state index is -0.633. The van der Waals surface area contributed by atoms with Gasteiger partial charge in [0.1, 0.15) is 5.75 Å². The van der Waals surface area contributed by atoms with Crippen molar-refractivity contribution in [3.63, 3.8) is 0 Å². The second kappa shape index (κ2) is 9.50. The Morgan fingerprint density at radius 1 is 1.15 bits per heavy atom. The highest BCUT2D eigenvalue weighted by atomic mass is 79.9. The van der Waals surface area contributed by atoms with Crippen molar-refractivity contribution < 1.29 is 19.5 Å². The number of carbonyl (C=O) groups excluding carboxylic acids is 2. The fraction of sp³-hybridized carbons (Fsp3) is 0.0556. The molecule has 26 heavy (non-hydrogen) atoms. The molecule has 0 atom stereocenters. The molecule has 0 aromatic heterocycles. The monoisotopic (exact) mass is 417 g/mol. The number of benzene rings is 2. The van der Waals surface area contributed by atoms with Crippen LogP contribution in [0.25, 0.3) is 6.08 Å². The fourth-order valence-electron chi connectivity index (χ4n) is 1.95. The lowest BCUT2D eigenvalue weighted by Crippen LogP contribution is -2.17. The summed E-state index contributed by atoms with van der Waals surface area (Å²) in [5.41, 5.74) is 5.85. The van der Waals surface area contributed by atoms with Crippen LogP contribution in [-0.4, -0.2) is 30.3 Å². The summed E-state index contributed by atoms with van der Waals surface area (Å²) >= 11 is 3.38. The van der Waals surface area contributed by atoms with Crippen LogP contribution in [0.4, 0.5) is 0 Å². The van der Waals surface area contributed by atoms with E-state index in [1.54, 1.807) is 37.4 Å². The molecule has 0 aliphatic heterocycles. The molecule has 0 aliphatic carbocycles. The maximum atomic E-state index is 12.1. The van der Waals surface area contributed by atoms with Crippen molar-refractivity contribution in [3.8, 4) is 5.75 Å². The number of nitrogens with one attached hydrogen (secondary N) is 2. The minimum absolute atomic E-state index is 0.363. The minimum Gasteiger partial charge on any atom is -0.496 e. The van der Waals surface area contributed by atoms with Crippen molar-refractivity contribution in [2.24, 2.45) is 5.10 Å². The molecule has 8 heteroatoms. The van der Waals surface area contributed by atoms with E-state index in [1.807, 2.05) is 12.1 Å². The number of rotatable bonds is 6. The molecule has 3 N–H and O–H groups in total. The van der Waals surface area contributed by atoms with Gasteiger partial charge in [0.25, 0.3) is 11.8 Å². The van der Waals surface area contributed by atoms with Gasteiger partial charge in [-0.3, -0.25) is 14.8 Å². The molecular formula is C18H16BrN3O4. The summed E-state index contributed by atoms with van der Waals surface area (Å²) in [4.78, 5) is 23.0. The van der Waals surface area contributed by atoms with E-state index in [-0.39, 0.29) is 5.91 Å². The molecule has 0 saturated heterocycles. The molecule has 2 amide bonds. The van der Waals surface area contributed by atoms with Crippen LogP contribution in [0.3, 0.4) is 0 Å². The summed E-state index contributed by atoms with van der Waals surface area (Å²) in [6, 6.07) is 12.0. The molecule has 0 spiro atoms. The number of hydrogen-bond acceptors (Lipinski definition) is 5. The Hall–Kier alpha value is -2.97. The van der Waals surface area contributed by atoms with Gasteiger partial charge >= 0.3 is 0 Å². The van der Waals surface area contributed by atoms with Crippen LogP contribution in [0, 0.1) is 0 Å². The lowest BCUT2D eigenvalue weighted by atomic mass is 10.1. The summed E-state index contributed by atoms with van der Waals surface area (Å²) in [6.45, 7) is 0. The van der Waals surface area contributed by atoms with Gasteiger partial charge < -0.3 is 4.74 Å². The third kappa shape index (κ3) is 5.54. The van der Waals surface area contributed by atoms with Crippen molar-refractivity contribution in [1.82, 2.24) is 10.9 Å². The van der Waals surface area contributed by atoms with Crippen LogP contribution in [0.5, 0.6) is 5.75 Å². The lowest BCUT2D eigenvalue weighted by Gasteiger charge is -2.03. The number of hydrazone groups is 1. The topological polar surface area (TPSA) is 100 Å². The van der Waals surface area contributed by atoms with Gasteiger partial charge in [0.05, 0.1) is 17.8 Å². The maximum Gasteiger partial charge on any atom is 0.271 e. The number of carbonyl (C=O) groups is 2. The Bertz CT molecular complexity index is 848. The zero-order valence-corrected chi connectivity index (χ0v) is 15.4. The number of amides is 2. The standard InChI is InChI=1S/C18H16BrN3O4/c1-26-16-8-4-13(10-15(16)19)11-20-21-18(24)14-6-2-12(3-7-14)5-9-17(23)22-25/h2-11,25H,1H3,(H,21,24)(H,22,23). The SMILES string of the molecule is COc1ccc(C=NNC(=O)c2ccc(C=CC(=O)NO)cc2)cc1Br. The quantitative estimate of drug-likeness (QED) is 0.291. The smallest absolute Gasteiger partial charge is 0.271 e. The summed E-state index contributed by atoms with van der Waals surface area (Å²) < 4.78 is 5.93. The van der Waals surface area contributed by atoms with Crippen molar-refractivity contribution in [2.45, 2.75) is 0 Å². The number of hydrogen-bond donors (Lipinski definition) is 3. The molecule has 0 aliphatic rings. The van der Waals surface area contributed by atoms with Crippen LogP contribution >= 0.6 is 15.9 Å². The van der Waals surface area contributed by atoms with Crippen molar-refractivity contribution >= 4 is 40.0 Å². The van der Waals surface area contributed by atoms with E-state index in [2.05, 4.69) is 26.5 Å². The highest BCUT2D eigenvalue weighted by Gasteiger charge is 2.04. The summed E-state index contributed by atoms with van der Waals surface area (Å²) in [5.74, 6) is -0.291. The van der Waals surface area contributed by atoms with Crippen LogP contribution < -0.4 is 15.6 Å². The molecule has 0 heterocycles. The first-order valence-electron chi connectivity index (χ1n) is 7.42. The molecule has 2 aromatic carbocycles. The van der Waals surface area contributed by atoms with E-state index in [1.165, 1.54) is 23.8 Å². The Kier molecular flexibility index (Phi) is 7.07. The molecule has 0 unspecified atom stereocenters. The molecule has 7 nitrogen and oxygen atoms in total. The third-order valence-electron chi connectivity index (χ3n) is 3.27. The number of hydroxylamine groups is 1. The van der Waals surface area contributed by atoms with Crippen molar-refractivity contribution in [3.05, 3.63) is 69.7 Å². The van der Waals surface area contributed by atoms with Gasteiger partial charge in [0, 0.05) is 11.6 Å². The zero-order chi connectivity index (χ0) is 18.9. The molecule has 0 bridgehead atoms. The highest BCUT2D eigenvalue weighted by Crippen LogP contribution is 2.24. The molecular weight excluding hydrogens is 402 g/mol. The number of ether oxygens (including phenoxy) is 1. The van der Waals surface area contributed by atoms with Crippen LogP contribution in [0.15, 0.2) is 58.1 Å². The molecule has 2 rings (SSSR count). The Morgan fingerprint density at radius 2 is 1.85 bits per heavy atom. The molecule has 0 fully saturated rings. The van der Waals surface area contributed by atoms with E-state index >= 15 is 0 Å². The Morgan fingerprint density at radius 3 is 2.46 bits per heavy atom. The van der Waals surface area contributed by atoms with Gasteiger partial charge in [-0.1, -0.05) is 12.1 Å². The maximum absolute atomic E-state index is 12.1.